The van der Waals surface area contributed by atoms with Crippen LogP contribution in [0, 0.1) is 5.92 Å². The Morgan fingerprint density at radius 2 is 2.17 bits per heavy atom. The van der Waals surface area contributed by atoms with Crippen molar-refractivity contribution in [3.05, 3.63) is 29.8 Å². The number of carbonyl (C=O) groups is 1. The highest BCUT2D eigenvalue weighted by atomic mass is 16.2. The zero-order chi connectivity index (χ0) is 13.5. The Hall–Kier alpha value is -1.51. The number of benzene rings is 1. The van der Waals surface area contributed by atoms with Gasteiger partial charge in [-0.05, 0) is 23.6 Å². The molecule has 1 unspecified atom stereocenters. The molecular weight excluding hydrogens is 224 g/mol. The van der Waals surface area contributed by atoms with E-state index in [2.05, 4.69) is 31.3 Å². The summed E-state index contributed by atoms with van der Waals surface area (Å²) in [4.78, 5) is 12.9. The highest BCUT2D eigenvalue weighted by Crippen LogP contribution is 2.13. The molecule has 100 valence electrons. The van der Waals surface area contributed by atoms with Gasteiger partial charge in [-0.15, -0.1) is 0 Å². The molecule has 0 fully saturated rings. The minimum atomic E-state index is 0.0907. The van der Waals surface area contributed by atoms with Gasteiger partial charge in [-0.3, -0.25) is 4.79 Å². The molecule has 0 spiro atoms. The van der Waals surface area contributed by atoms with Gasteiger partial charge in [0, 0.05) is 32.7 Å². The normalized spacial score (nSPS) is 12.0. The standard InChI is InChI=1S/C15H24N2O/c1-5-12(2)10-16-15-8-6-7-14(9-15)11-17(4)13(3)18/h6-9,12,16H,5,10-11H2,1-4H3. The number of nitrogens with zero attached hydrogens (tertiary/aromatic N) is 1. The largest absolute Gasteiger partial charge is 0.385 e. The molecule has 0 heterocycles. The molecule has 1 amide bonds. The van der Waals surface area contributed by atoms with Crippen LogP contribution in [0.3, 0.4) is 0 Å². The molecule has 0 aliphatic heterocycles. The van der Waals surface area contributed by atoms with Crippen molar-refractivity contribution in [2.75, 3.05) is 18.9 Å². The van der Waals surface area contributed by atoms with Gasteiger partial charge in [0.25, 0.3) is 0 Å². The Labute approximate surface area is 110 Å². The third kappa shape index (κ3) is 4.78. The van der Waals surface area contributed by atoms with Gasteiger partial charge < -0.3 is 10.2 Å². The van der Waals surface area contributed by atoms with Crippen LogP contribution in [0.2, 0.25) is 0 Å². The molecule has 0 saturated carbocycles. The van der Waals surface area contributed by atoms with E-state index in [4.69, 9.17) is 0 Å². The summed E-state index contributed by atoms with van der Waals surface area (Å²) in [5, 5.41) is 3.43. The van der Waals surface area contributed by atoms with Gasteiger partial charge in [-0.2, -0.15) is 0 Å². The lowest BCUT2D eigenvalue weighted by molar-refractivity contribution is -0.128. The summed E-state index contributed by atoms with van der Waals surface area (Å²) in [6, 6.07) is 8.26. The van der Waals surface area contributed by atoms with Crippen molar-refractivity contribution >= 4 is 11.6 Å². The first kappa shape index (κ1) is 14.6. The number of rotatable bonds is 6. The van der Waals surface area contributed by atoms with E-state index in [1.807, 2.05) is 19.2 Å². The number of hydrogen-bond donors (Lipinski definition) is 1. The Kier molecular flexibility index (Phi) is 5.69. The predicted octanol–water partition coefficient (Wildman–Crippen LogP) is 3.12. The summed E-state index contributed by atoms with van der Waals surface area (Å²) < 4.78 is 0. The average Bonchev–Trinajstić information content (AvgIpc) is 2.36. The summed E-state index contributed by atoms with van der Waals surface area (Å²) >= 11 is 0. The van der Waals surface area contributed by atoms with Gasteiger partial charge in [-0.25, -0.2) is 0 Å². The van der Waals surface area contributed by atoms with Crippen molar-refractivity contribution < 1.29 is 4.79 Å². The molecule has 0 saturated heterocycles. The molecule has 0 aromatic heterocycles. The van der Waals surface area contributed by atoms with E-state index in [1.165, 1.54) is 6.42 Å². The molecule has 0 bridgehead atoms. The number of anilines is 1. The second-order valence-electron chi connectivity index (χ2n) is 4.97. The van der Waals surface area contributed by atoms with Crippen molar-refractivity contribution in [1.82, 2.24) is 4.90 Å². The minimum absolute atomic E-state index is 0.0907. The highest BCUT2D eigenvalue weighted by Gasteiger charge is 2.04. The SMILES string of the molecule is CCC(C)CNc1cccc(CN(C)C(C)=O)c1. The third-order valence-corrected chi connectivity index (χ3v) is 3.24. The van der Waals surface area contributed by atoms with Crippen molar-refractivity contribution in [3.63, 3.8) is 0 Å². The molecule has 1 rings (SSSR count). The molecule has 18 heavy (non-hydrogen) atoms. The fourth-order valence-corrected chi connectivity index (χ4v) is 1.60. The summed E-state index contributed by atoms with van der Waals surface area (Å²) in [5.41, 5.74) is 2.28. The highest BCUT2D eigenvalue weighted by molar-refractivity contribution is 5.72. The van der Waals surface area contributed by atoms with Crippen LogP contribution in [0.1, 0.15) is 32.8 Å². The number of nitrogens with one attached hydrogen (secondary N) is 1. The van der Waals surface area contributed by atoms with Gasteiger partial charge in [0.15, 0.2) is 0 Å². The monoisotopic (exact) mass is 248 g/mol. The van der Waals surface area contributed by atoms with Crippen LogP contribution in [0.4, 0.5) is 5.69 Å². The van der Waals surface area contributed by atoms with Crippen LogP contribution >= 0.6 is 0 Å². The second kappa shape index (κ2) is 7.04. The molecule has 1 atom stereocenters. The zero-order valence-electron chi connectivity index (χ0n) is 11.9. The van der Waals surface area contributed by atoms with E-state index in [-0.39, 0.29) is 5.91 Å². The minimum Gasteiger partial charge on any atom is -0.385 e. The van der Waals surface area contributed by atoms with Crippen molar-refractivity contribution in [3.8, 4) is 0 Å². The van der Waals surface area contributed by atoms with E-state index in [0.29, 0.717) is 12.5 Å². The van der Waals surface area contributed by atoms with Crippen LogP contribution in [-0.4, -0.2) is 24.4 Å². The van der Waals surface area contributed by atoms with Crippen LogP contribution in [-0.2, 0) is 11.3 Å². The molecule has 1 aromatic carbocycles. The van der Waals surface area contributed by atoms with E-state index >= 15 is 0 Å². The maximum atomic E-state index is 11.2. The predicted molar refractivity (Wildman–Crippen MR) is 76.5 cm³/mol. The first-order valence-corrected chi connectivity index (χ1v) is 6.57. The fraction of sp³-hybridized carbons (Fsp3) is 0.533. The van der Waals surface area contributed by atoms with Crippen LogP contribution in [0.25, 0.3) is 0 Å². The second-order valence-corrected chi connectivity index (χ2v) is 4.97. The first-order chi connectivity index (χ1) is 8.52. The smallest absolute Gasteiger partial charge is 0.219 e. The average molecular weight is 248 g/mol. The van der Waals surface area contributed by atoms with Gasteiger partial charge >= 0.3 is 0 Å². The first-order valence-electron chi connectivity index (χ1n) is 6.57. The number of amides is 1. The van der Waals surface area contributed by atoms with Crippen molar-refractivity contribution in [1.29, 1.82) is 0 Å². The third-order valence-electron chi connectivity index (χ3n) is 3.24. The molecular formula is C15H24N2O. The Balaban J connectivity index is 2.59. The molecule has 1 N–H and O–H groups in total. The van der Waals surface area contributed by atoms with E-state index in [1.54, 1.807) is 11.8 Å². The van der Waals surface area contributed by atoms with Crippen LogP contribution < -0.4 is 5.32 Å². The zero-order valence-corrected chi connectivity index (χ0v) is 11.9. The maximum absolute atomic E-state index is 11.2. The number of carbonyl (C=O) groups excluding carboxylic acids is 1. The number of hydrogen-bond acceptors (Lipinski definition) is 2. The summed E-state index contributed by atoms with van der Waals surface area (Å²) in [5.74, 6) is 0.765. The van der Waals surface area contributed by atoms with Gasteiger partial charge in [0.2, 0.25) is 5.91 Å². The fourth-order valence-electron chi connectivity index (χ4n) is 1.60. The van der Waals surface area contributed by atoms with Gasteiger partial charge in [-0.1, -0.05) is 32.4 Å². The molecule has 3 heteroatoms. The van der Waals surface area contributed by atoms with Crippen LogP contribution in [0.15, 0.2) is 24.3 Å². The lowest BCUT2D eigenvalue weighted by Crippen LogP contribution is -2.23. The topological polar surface area (TPSA) is 32.3 Å². The quantitative estimate of drug-likeness (QED) is 0.839. The summed E-state index contributed by atoms with van der Waals surface area (Å²) in [7, 11) is 1.82. The molecule has 1 aromatic rings. The lowest BCUT2D eigenvalue weighted by Gasteiger charge is -2.16. The molecule has 0 aliphatic carbocycles. The van der Waals surface area contributed by atoms with E-state index in [9.17, 15) is 4.79 Å². The Morgan fingerprint density at radius 1 is 1.44 bits per heavy atom. The maximum Gasteiger partial charge on any atom is 0.219 e. The summed E-state index contributed by atoms with van der Waals surface area (Å²) in [6.45, 7) is 7.67. The molecule has 0 aliphatic rings. The van der Waals surface area contributed by atoms with Gasteiger partial charge in [0.05, 0.1) is 0 Å². The van der Waals surface area contributed by atoms with E-state index < -0.39 is 0 Å². The Morgan fingerprint density at radius 3 is 2.78 bits per heavy atom. The Bertz CT molecular complexity index is 390. The summed E-state index contributed by atoms with van der Waals surface area (Å²) in [6.07, 6.45) is 1.18. The van der Waals surface area contributed by atoms with E-state index in [0.717, 1.165) is 17.8 Å². The lowest BCUT2D eigenvalue weighted by atomic mass is 10.1. The van der Waals surface area contributed by atoms with Crippen molar-refractivity contribution in [2.24, 2.45) is 5.92 Å². The van der Waals surface area contributed by atoms with Gasteiger partial charge in [0.1, 0.15) is 0 Å². The molecule has 3 nitrogen and oxygen atoms in total. The van der Waals surface area contributed by atoms with Crippen molar-refractivity contribution in [2.45, 2.75) is 33.7 Å². The van der Waals surface area contributed by atoms with Crippen LogP contribution in [0.5, 0.6) is 0 Å². The molecule has 0 radical (unpaired) electrons.